The molecule has 0 radical (unpaired) electrons. The van der Waals surface area contributed by atoms with E-state index < -0.39 is 0 Å². The summed E-state index contributed by atoms with van der Waals surface area (Å²) in [6, 6.07) is 4.36. The van der Waals surface area contributed by atoms with Gasteiger partial charge in [0.15, 0.2) is 0 Å². The number of halogens is 1. The molecular formula is C18H22BrNO2. The van der Waals surface area contributed by atoms with Gasteiger partial charge in [-0.2, -0.15) is 0 Å². The van der Waals surface area contributed by atoms with Gasteiger partial charge in [-0.15, -0.1) is 0 Å². The van der Waals surface area contributed by atoms with Gasteiger partial charge in [0, 0.05) is 29.1 Å². The summed E-state index contributed by atoms with van der Waals surface area (Å²) in [7, 11) is 0. The Kier molecular flexibility index (Phi) is 3.67. The lowest BCUT2D eigenvalue weighted by Crippen LogP contribution is -2.39. The molecule has 0 aromatic heterocycles. The number of hydrogen-bond acceptors (Lipinski definition) is 3. The van der Waals surface area contributed by atoms with E-state index in [0.717, 1.165) is 48.0 Å². The standard InChI is InChI=1S/C18H22BrNO2/c1-10-13(17(21)11-5-6-11)9-14-16(20-10)8-7-15(19)18(14)22-12-3-2-4-12/h7-8,10-13,20H,2-6,9H2,1H3/t10-,13?/m0/s1. The van der Waals surface area contributed by atoms with Gasteiger partial charge < -0.3 is 10.1 Å². The van der Waals surface area contributed by atoms with Crippen LogP contribution in [0.2, 0.25) is 0 Å². The van der Waals surface area contributed by atoms with Crippen molar-refractivity contribution in [2.75, 3.05) is 5.32 Å². The predicted molar refractivity (Wildman–Crippen MR) is 90.4 cm³/mol. The maximum absolute atomic E-state index is 12.6. The molecule has 118 valence electrons. The zero-order valence-electron chi connectivity index (χ0n) is 12.9. The lowest BCUT2D eigenvalue weighted by atomic mass is 9.83. The van der Waals surface area contributed by atoms with E-state index in [9.17, 15) is 4.79 Å². The van der Waals surface area contributed by atoms with Gasteiger partial charge in [0.05, 0.1) is 10.6 Å². The van der Waals surface area contributed by atoms with E-state index in [1.165, 1.54) is 12.0 Å². The molecule has 1 aliphatic heterocycles. The smallest absolute Gasteiger partial charge is 0.141 e. The first-order valence-electron chi connectivity index (χ1n) is 8.42. The number of ketones is 1. The van der Waals surface area contributed by atoms with Crippen LogP contribution in [0.3, 0.4) is 0 Å². The zero-order chi connectivity index (χ0) is 15.3. The third-order valence-corrected chi connectivity index (χ3v) is 5.93. The molecule has 0 spiro atoms. The van der Waals surface area contributed by atoms with E-state index in [4.69, 9.17) is 4.74 Å². The van der Waals surface area contributed by atoms with Gasteiger partial charge in [-0.1, -0.05) is 0 Å². The first-order valence-corrected chi connectivity index (χ1v) is 9.21. The second-order valence-electron chi connectivity index (χ2n) is 6.99. The van der Waals surface area contributed by atoms with Gasteiger partial charge in [0.1, 0.15) is 11.5 Å². The third kappa shape index (κ3) is 2.55. The summed E-state index contributed by atoms with van der Waals surface area (Å²) in [5.41, 5.74) is 2.31. The van der Waals surface area contributed by atoms with Crippen LogP contribution in [-0.2, 0) is 11.2 Å². The van der Waals surface area contributed by atoms with Crippen LogP contribution in [0, 0.1) is 11.8 Å². The van der Waals surface area contributed by atoms with Crippen molar-refractivity contribution in [2.45, 2.75) is 57.6 Å². The second-order valence-corrected chi connectivity index (χ2v) is 7.85. The topological polar surface area (TPSA) is 38.3 Å². The number of Topliss-reactive ketones (excluding diaryl/α,β-unsaturated/α-hetero) is 1. The third-order valence-electron chi connectivity index (χ3n) is 5.31. The van der Waals surface area contributed by atoms with Crippen molar-refractivity contribution in [1.82, 2.24) is 0 Å². The summed E-state index contributed by atoms with van der Waals surface area (Å²) in [5.74, 6) is 1.80. The molecular weight excluding hydrogens is 342 g/mol. The van der Waals surface area contributed by atoms with Crippen molar-refractivity contribution in [2.24, 2.45) is 11.8 Å². The van der Waals surface area contributed by atoms with Gasteiger partial charge in [-0.05, 0) is 73.5 Å². The zero-order valence-corrected chi connectivity index (χ0v) is 14.5. The Morgan fingerprint density at radius 2 is 2.05 bits per heavy atom. The molecule has 1 aromatic rings. The molecule has 3 nitrogen and oxygen atoms in total. The fourth-order valence-corrected chi connectivity index (χ4v) is 3.94. The maximum Gasteiger partial charge on any atom is 0.141 e. The number of benzene rings is 1. The molecule has 1 heterocycles. The van der Waals surface area contributed by atoms with Gasteiger partial charge in [0.2, 0.25) is 0 Å². The molecule has 1 aromatic carbocycles. The average molecular weight is 364 g/mol. The summed E-state index contributed by atoms with van der Waals surface area (Å²) >= 11 is 3.63. The van der Waals surface area contributed by atoms with E-state index in [-0.39, 0.29) is 12.0 Å². The van der Waals surface area contributed by atoms with E-state index in [2.05, 4.69) is 40.3 Å². The van der Waals surface area contributed by atoms with Gasteiger partial charge in [-0.25, -0.2) is 0 Å². The molecule has 0 amide bonds. The van der Waals surface area contributed by atoms with Crippen molar-refractivity contribution in [3.63, 3.8) is 0 Å². The molecule has 1 N–H and O–H groups in total. The number of rotatable bonds is 4. The number of carbonyl (C=O) groups excluding carboxylic acids is 1. The Morgan fingerprint density at radius 3 is 2.68 bits per heavy atom. The van der Waals surface area contributed by atoms with E-state index >= 15 is 0 Å². The summed E-state index contributed by atoms with van der Waals surface area (Å²) < 4.78 is 7.23. The SMILES string of the molecule is C[C@@H]1Nc2ccc(Br)c(OC3CCC3)c2CC1C(=O)C1CC1. The molecule has 1 unspecified atom stereocenters. The summed E-state index contributed by atoms with van der Waals surface area (Å²) in [4.78, 5) is 12.6. The van der Waals surface area contributed by atoms with E-state index in [1.807, 2.05) is 0 Å². The van der Waals surface area contributed by atoms with Crippen molar-refractivity contribution >= 4 is 27.4 Å². The molecule has 4 heteroatoms. The van der Waals surface area contributed by atoms with Gasteiger partial charge in [0.25, 0.3) is 0 Å². The van der Waals surface area contributed by atoms with Crippen LogP contribution in [-0.4, -0.2) is 17.9 Å². The van der Waals surface area contributed by atoms with E-state index in [0.29, 0.717) is 17.8 Å². The Morgan fingerprint density at radius 1 is 1.27 bits per heavy atom. The minimum Gasteiger partial charge on any atom is -0.489 e. The molecule has 2 saturated carbocycles. The summed E-state index contributed by atoms with van der Waals surface area (Å²) in [5, 5.41) is 3.53. The molecule has 3 aliphatic rings. The minimum atomic E-state index is 0.0815. The van der Waals surface area contributed by atoms with Crippen molar-refractivity contribution < 1.29 is 9.53 Å². The number of nitrogens with one attached hydrogen (secondary N) is 1. The molecule has 2 aliphatic carbocycles. The number of hydrogen-bond donors (Lipinski definition) is 1. The highest BCUT2D eigenvalue weighted by molar-refractivity contribution is 9.10. The van der Waals surface area contributed by atoms with Crippen LogP contribution in [0.25, 0.3) is 0 Å². The fraction of sp³-hybridized carbons (Fsp3) is 0.611. The normalized spacial score (nSPS) is 27.5. The van der Waals surface area contributed by atoms with Gasteiger partial charge >= 0.3 is 0 Å². The molecule has 2 atom stereocenters. The lowest BCUT2D eigenvalue weighted by Gasteiger charge is -2.35. The minimum absolute atomic E-state index is 0.0815. The largest absolute Gasteiger partial charge is 0.489 e. The maximum atomic E-state index is 12.6. The molecule has 0 saturated heterocycles. The van der Waals surface area contributed by atoms with Gasteiger partial charge in [-0.3, -0.25) is 4.79 Å². The monoisotopic (exact) mass is 363 g/mol. The van der Waals surface area contributed by atoms with Crippen LogP contribution in [0.5, 0.6) is 5.75 Å². The second kappa shape index (κ2) is 5.55. The lowest BCUT2D eigenvalue weighted by molar-refractivity contribution is -0.124. The fourth-order valence-electron chi connectivity index (χ4n) is 3.48. The highest BCUT2D eigenvalue weighted by atomic mass is 79.9. The Labute approximate surface area is 139 Å². The van der Waals surface area contributed by atoms with Crippen LogP contribution in [0.1, 0.15) is 44.6 Å². The summed E-state index contributed by atoms with van der Waals surface area (Å²) in [6.45, 7) is 2.13. The number of carbonyl (C=O) groups is 1. The van der Waals surface area contributed by atoms with Crippen molar-refractivity contribution in [3.8, 4) is 5.75 Å². The number of ether oxygens (including phenoxy) is 1. The van der Waals surface area contributed by atoms with Crippen LogP contribution < -0.4 is 10.1 Å². The summed E-state index contributed by atoms with van der Waals surface area (Å²) in [6.07, 6.45) is 6.86. The Hall–Kier alpha value is -1.03. The molecule has 4 rings (SSSR count). The Balaban J connectivity index is 1.64. The highest BCUT2D eigenvalue weighted by Gasteiger charge is 2.40. The van der Waals surface area contributed by atoms with E-state index in [1.54, 1.807) is 0 Å². The van der Waals surface area contributed by atoms with Crippen LogP contribution >= 0.6 is 15.9 Å². The Bertz CT molecular complexity index is 607. The van der Waals surface area contributed by atoms with Crippen LogP contribution in [0.15, 0.2) is 16.6 Å². The molecule has 2 fully saturated rings. The van der Waals surface area contributed by atoms with Crippen molar-refractivity contribution in [1.29, 1.82) is 0 Å². The predicted octanol–water partition coefficient (Wildman–Crippen LogP) is 4.33. The quantitative estimate of drug-likeness (QED) is 0.864. The number of anilines is 1. The molecule has 22 heavy (non-hydrogen) atoms. The first kappa shape index (κ1) is 14.6. The average Bonchev–Trinajstić information content (AvgIpc) is 3.28. The highest BCUT2D eigenvalue weighted by Crippen LogP contribution is 2.44. The number of fused-ring (bicyclic) bond motifs is 1. The van der Waals surface area contributed by atoms with Crippen LogP contribution in [0.4, 0.5) is 5.69 Å². The molecule has 0 bridgehead atoms. The van der Waals surface area contributed by atoms with Crippen molar-refractivity contribution in [3.05, 3.63) is 22.2 Å². The first-order chi connectivity index (χ1) is 10.6.